The van der Waals surface area contributed by atoms with Crippen molar-refractivity contribution in [2.24, 2.45) is 0 Å². The lowest BCUT2D eigenvalue weighted by Crippen LogP contribution is -2.50. The van der Waals surface area contributed by atoms with E-state index in [0.29, 0.717) is 10.7 Å². The zero-order chi connectivity index (χ0) is 10.8. The van der Waals surface area contributed by atoms with Crippen LogP contribution in [0.4, 0.5) is 5.69 Å². The Morgan fingerprint density at radius 2 is 2.33 bits per heavy atom. The van der Waals surface area contributed by atoms with Gasteiger partial charge in [-0.2, -0.15) is 0 Å². The first kappa shape index (κ1) is 10.5. The van der Waals surface area contributed by atoms with Gasteiger partial charge in [-0.05, 0) is 37.6 Å². The molecule has 1 fully saturated rings. The lowest BCUT2D eigenvalue weighted by Gasteiger charge is -2.26. The highest BCUT2D eigenvalue weighted by molar-refractivity contribution is 6.33. The summed E-state index contributed by atoms with van der Waals surface area (Å²) in [5, 5.41) is 6.44. The van der Waals surface area contributed by atoms with Gasteiger partial charge >= 0.3 is 0 Å². The Morgan fingerprint density at radius 3 is 2.93 bits per heavy atom. The molecule has 0 aromatic heterocycles. The third-order valence-corrected chi connectivity index (χ3v) is 2.85. The summed E-state index contributed by atoms with van der Waals surface area (Å²) in [4.78, 5) is 11.6. The fourth-order valence-corrected chi connectivity index (χ4v) is 1.63. The maximum atomic E-state index is 11.6. The van der Waals surface area contributed by atoms with Crippen molar-refractivity contribution in [2.45, 2.75) is 19.4 Å². The molecule has 80 valence electrons. The van der Waals surface area contributed by atoms with Crippen molar-refractivity contribution < 1.29 is 4.79 Å². The van der Waals surface area contributed by atoms with Gasteiger partial charge in [-0.15, -0.1) is 0 Å². The van der Waals surface area contributed by atoms with E-state index in [9.17, 15) is 4.79 Å². The van der Waals surface area contributed by atoms with E-state index < -0.39 is 0 Å². The number of hydrogen-bond donors (Lipinski definition) is 2. The van der Waals surface area contributed by atoms with Crippen molar-refractivity contribution in [1.82, 2.24) is 5.32 Å². The molecule has 1 aliphatic heterocycles. The van der Waals surface area contributed by atoms with Gasteiger partial charge in [0.1, 0.15) is 0 Å². The van der Waals surface area contributed by atoms with Gasteiger partial charge in [0, 0.05) is 0 Å². The molecule has 0 saturated carbocycles. The third kappa shape index (κ3) is 2.30. The van der Waals surface area contributed by atoms with Gasteiger partial charge in [0.2, 0.25) is 5.91 Å². The minimum atomic E-state index is -0.0541. The standard InChI is InChI=1S/C11H13ClN2O/c1-7-2-3-8(12)10(6-7)14-11(15)9-4-5-13-9/h2-3,6,9,13H,4-5H2,1H3,(H,14,15)/t9-/m1/s1. The van der Waals surface area contributed by atoms with Gasteiger partial charge in [-0.3, -0.25) is 4.79 Å². The highest BCUT2D eigenvalue weighted by Gasteiger charge is 2.24. The van der Waals surface area contributed by atoms with E-state index in [0.717, 1.165) is 18.5 Å². The Balaban J connectivity index is 2.09. The van der Waals surface area contributed by atoms with E-state index in [1.54, 1.807) is 6.07 Å². The number of benzene rings is 1. The van der Waals surface area contributed by atoms with Crippen LogP contribution in [0.2, 0.25) is 5.02 Å². The Kier molecular flexibility index (Phi) is 2.93. The second kappa shape index (κ2) is 4.21. The van der Waals surface area contributed by atoms with Crippen LogP contribution in [-0.4, -0.2) is 18.5 Å². The van der Waals surface area contributed by atoms with Gasteiger partial charge in [0.15, 0.2) is 0 Å². The molecule has 1 amide bonds. The van der Waals surface area contributed by atoms with Gasteiger partial charge in [0.05, 0.1) is 16.8 Å². The Labute approximate surface area is 93.8 Å². The predicted molar refractivity (Wildman–Crippen MR) is 61.2 cm³/mol. The van der Waals surface area contributed by atoms with E-state index in [-0.39, 0.29) is 11.9 Å². The first-order chi connectivity index (χ1) is 7.16. The maximum Gasteiger partial charge on any atom is 0.241 e. The number of aryl methyl sites for hydroxylation is 1. The van der Waals surface area contributed by atoms with Gasteiger partial charge in [-0.25, -0.2) is 0 Å². The Hall–Kier alpha value is -1.06. The first-order valence-electron chi connectivity index (χ1n) is 4.97. The molecule has 1 atom stereocenters. The molecule has 0 spiro atoms. The Bertz CT molecular complexity index is 388. The number of carbonyl (C=O) groups is 1. The van der Waals surface area contributed by atoms with Gasteiger partial charge < -0.3 is 10.6 Å². The van der Waals surface area contributed by atoms with Crippen LogP contribution in [0, 0.1) is 6.92 Å². The van der Waals surface area contributed by atoms with Crippen molar-refractivity contribution in [3.8, 4) is 0 Å². The fourth-order valence-electron chi connectivity index (χ4n) is 1.47. The maximum absolute atomic E-state index is 11.6. The molecule has 1 heterocycles. The lowest BCUT2D eigenvalue weighted by atomic mass is 10.1. The SMILES string of the molecule is Cc1ccc(Cl)c(NC(=O)[C@H]2CCN2)c1. The zero-order valence-corrected chi connectivity index (χ0v) is 9.27. The number of amides is 1. The van der Waals surface area contributed by atoms with Crippen LogP contribution in [0.15, 0.2) is 18.2 Å². The monoisotopic (exact) mass is 224 g/mol. The molecule has 0 bridgehead atoms. The molecule has 0 radical (unpaired) electrons. The van der Waals surface area contributed by atoms with Crippen molar-refractivity contribution in [3.63, 3.8) is 0 Å². The van der Waals surface area contributed by atoms with Crippen molar-refractivity contribution >= 4 is 23.2 Å². The highest BCUT2D eigenvalue weighted by atomic mass is 35.5. The molecule has 2 rings (SSSR count). The summed E-state index contributed by atoms with van der Waals surface area (Å²) in [6.45, 7) is 2.88. The second-order valence-electron chi connectivity index (χ2n) is 3.77. The summed E-state index contributed by atoms with van der Waals surface area (Å²) in [5.41, 5.74) is 1.77. The van der Waals surface area contributed by atoms with Gasteiger partial charge in [-0.1, -0.05) is 17.7 Å². The van der Waals surface area contributed by atoms with Crippen LogP contribution < -0.4 is 10.6 Å². The molecule has 0 unspecified atom stereocenters. The average molecular weight is 225 g/mol. The van der Waals surface area contributed by atoms with Crippen molar-refractivity contribution in [1.29, 1.82) is 0 Å². The number of hydrogen-bond acceptors (Lipinski definition) is 2. The van der Waals surface area contributed by atoms with E-state index in [1.807, 2.05) is 19.1 Å². The van der Waals surface area contributed by atoms with Crippen LogP contribution in [0.25, 0.3) is 0 Å². The molecule has 0 aliphatic carbocycles. The van der Waals surface area contributed by atoms with Crippen LogP contribution in [0.5, 0.6) is 0 Å². The normalized spacial score (nSPS) is 19.5. The third-order valence-electron chi connectivity index (χ3n) is 2.52. The predicted octanol–water partition coefficient (Wildman–Crippen LogP) is 1.95. The number of nitrogens with one attached hydrogen (secondary N) is 2. The summed E-state index contributed by atoms with van der Waals surface area (Å²) in [7, 11) is 0. The molecule has 1 aromatic rings. The summed E-state index contributed by atoms with van der Waals surface area (Å²) in [6, 6.07) is 5.53. The zero-order valence-electron chi connectivity index (χ0n) is 8.51. The number of halogens is 1. The molecule has 1 saturated heterocycles. The van der Waals surface area contributed by atoms with Crippen LogP contribution in [-0.2, 0) is 4.79 Å². The molecular formula is C11H13ClN2O. The fraction of sp³-hybridized carbons (Fsp3) is 0.364. The van der Waals surface area contributed by atoms with Crippen LogP contribution in [0.1, 0.15) is 12.0 Å². The largest absolute Gasteiger partial charge is 0.323 e. The number of rotatable bonds is 2. The molecule has 2 N–H and O–H groups in total. The number of carbonyl (C=O) groups excluding carboxylic acids is 1. The minimum Gasteiger partial charge on any atom is -0.323 e. The van der Waals surface area contributed by atoms with Gasteiger partial charge in [0.25, 0.3) is 0 Å². The summed E-state index contributed by atoms with van der Waals surface area (Å²) in [5.74, 6) is -0.00579. The van der Waals surface area contributed by atoms with E-state index in [2.05, 4.69) is 10.6 Å². The number of anilines is 1. The smallest absolute Gasteiger partial charge is 0.241 e. The van der Waals surface area contributed by atoms with Crippen LogP contribution >= 0.6 is 11.6 Å². The average Bonchev–Trinajstić information content (AvgIpc) is 2.08. The highest BCUT2D eigenvalue weighted by Crippen LogP contribution is 2.23. The lowest BCUT2D eigenvalue weighted by molar-refractivity contribution is -0.119. The summed E-state index contributed by atoms with van der Waals surface area (Å²) in [6.07, 6.45) is 0.898. The summed E-state index contributed by atoms with van der Waals surface area (Å²) >= 11 is 5.97. The molecular weight excluding hydrogens is 212 g/mol. The quantitative estimate of drug-likeness (QED) is 0.806. The molecule has 15 heavy (non-hydrogen) atoms. The molecule has 1 aromatic carbocycles. The molecule has 1 aliphatic rings. The Morgan fingerprint density at radius 1 is 1.60 bits per heavy atom. The topological polar surface area (TPSA) is 41.1 Å². The summed E-state index contributed by atoms with van der Waals surface area (Å²) < 4.78 is 0. The molecule has 3 nitrogen and oxygen atoms in total. The first-order valence-corrected chi connectivity index (χ1v) is 5.35. The molecule has 4 heteroatoms. The van der Waals surface area contributed by atoms with Crippen molar-refractivity contribution in [2.75, 3.05) is 11.9 Å². The van der Waals surface area contributed by atoms with E-state index >= 15 is 0 Å². The van der Waals surface area contributed by atoms with Crippen molar-refractivity contribution in [3.05, 3.63) is 28.8 Å². The second-order valence-corrected chi connectivity index (χ2v) is 4.18. The minimum absolute atomic E-state index is 0.00579. The van der Waals surface area contributed by atoms with E-state index in [4.69, 9.17) is 11.6 Å². The van der Waals surface area contributed by atoms with Crippen LogP contribution in [0.3, 0.4) is 0 Å². The van der Waals surface area contributed by atoms with E-state index in [1.165, 1.54) is 0 Å².